The van der Waals surface area contributed by atoms with Crippen LogP contribution < -0.4 is 0 Å². The van der Waals surface area contributed by atoms with Crippen LogP contribution in [-0.2, 0) is 0 Å². The highest BCUT2D eigenvalue weighted by atomic mass is 79.9. The molecule has 4 heteroatoms. The standard InChI is InChI=1S/C6H10Br4/c1-3-5(7,8)6(9,10)4-2/h3-4H2,1-2H3. The van der Waals surface area contributed by atoms with Gasteiger partial charge in [0.1, 0.15) is 6.47 Å². The van der Waals surface area contributed by atoms with Crippen LogP contribution in [0.2, 0.25) is 0 Å². The molecule has 0 aliphatic carbocycles. The molecule has 0 bridgehead atoms. The third-order valence-corrected chi connectivity index (χ3v) is 8.50. The zero-order chi connectivity index (χ0) is 8.41. The first-order chi connectivity index (χ1) is 4.37. The molecule has 0 N–H and O–H groups in total. The van der Waals surface area contributed by atoms with Crippen molar-refractivity contribution in [1.29, 1.82) is 0 Å². The third kappa shape index (κ3) is 2.76. The van der Waals surface area contributed by atoms with Crippen molar-refractivity contribution in [1.82, 2.24) is 0 Å². The zero-order valence-electron chi connectivity index (χ0n) is 5.93. The molecule has 0 unspecified atom stereocenters. The van der Waals surface area contributed by atoms with E-state index in [9.17, 15) is 0 Å². The van der Waals surface area contributed by atoms with E-state index in [2.05, 4.69) is 77.6 Å². The van der Waals surface area contributed by atoms with E-state index in [1.807, 2.05) is 0 Å². The second-order valence-electron chi connectivity index (χ2n) is 2.12. The fraction of sp³-hybridized carbons (Fsp3) is 1.00. The Morgan fingerprint density at radius 1 is 0.800 bits per heavy atom. The first-order valence-electron chi connectivity index (χ1n) is 3.13. The molecule has 62 valence electrons. The highest BCUT2D eigenvalue weighted by molar-refractivity contribution is 9.30. The Bertz CT molecular complexity index is 94.3. The molecule has 0 aliphatic rings. The number of rotatable bonds is 3. The summed E-state index contributed by atoms with van der Waals surface area (Å²) >= 11 is 14.3. The van der Waals surface area contributed by atoms with E-state index in [4.69, 9.17) is 0 Å². The molecular weight excluding hydrogens is 392 g/mol. The van der Waals surface area contributed by atoms with Crippen LogP contribution in [0.1, 0.15) is 26.7 Å². The van der Waals surface area contributed by atoms with Gasteiger partial charge in [0.05, 0.1) is 0 Å². The summed E-state index contributed by atoms with van der Waals surface area (Å²) in [5.74, 6) is 0. The Labute approximate surface area is 96.0 Å². The van der Waals surface area contributed by atoms with Gasteiger partial charge in [-0.3, -0.25) is 0 Å². The van der Waals surface area contributed by atoms with Crippen LogP contribution in [-0.4, -0.2) is 6.47 Å². The SMILES string of the molecule is CCC(Br)(Br)C(Br)(Br)CC. The summed E-state index contributed by atoms with van der Waals surface area (Å²) in [5, 5.41) is 0. The van der Waals surface area contributed by atoms with E-state index in [-0.39, 0.29) is 6.47 Å². The Hall–Kier alpha value is 1.92. The molecule has 0 aromatic rings. The van der Waals surface area contributed by atoms with Gasteiger partial charge in [-0.25, -0.2) is 0 Å². The Balaban J connectivity index is 4.28. The van der Waals surface area contributed by atoms with Gasteiger partial charge in [0.15, 0.2) is 0 Å². The number of alkyl halides is 4. The summed E-state index contributed by atoms with van der Waals surface area (Å²) in [6.45, 7) is 4.24. The number of halogens is 4. The fourth-order valence-electron chi connectivity index (χ4n) is 0.517. The lowest BCUT2D eigenvalue weighted by Crippen LogP contribution is -2.32. The van der Waals surface area contributed by atoms with Crippen LogP contribution >= 0.6 is 63.7 Å². The molecule has 0 fully saturated rings. The minimum atomic E-state index is -0.0538. The quantitative estimate of drug-likeness (QED) is 0.597. The van der Waals surface area contributed by atoms with Crippen LogP contribution in [0.3, 0.4) is 0 Å². The van der Waals surface area contributed by atoms with Gasteiger partial charge in [-0.1, -0.05) is 77.6 Å². The fourth-order valence-corrected chi connectivity index (χ4v) is 1.64. The van der Waals surface area contributed by atoms with E-state index < -0.39 is 0 Å². The summed E-state index contributed by atoms with van der Waals surface area (Å²) in [5.41, 5.74) is 0. The van der Waals surface area contributed by atoms with Crippen molar-refractivity contribution in [3.8, 4) is 0 Å². The average Bonchev–Trinajstić information content (AvgIpc) is 1.88. The molecule has 0 spiro atoms. The van der Waals surface area contributed by atoms with Crippen LogP contribution in [0.25, 0.3) is 0 Å². The molecule has 0 aromatic heterocycles. The van der Waals surface area contributed by atoms with E-state index in [0.717, 1.165) is 12.8 Å². The van der Waals surface area contributed by atoms with E-state index >= 15 is 0 Å². The van der Waals surface area contributed by atoms with Crippen LogP contribution in [0.4, 0.5) is 0 Å². The van der Waals surface area contributed by atoms with Gasteiger partial charge in [-0.15, -0.1) is 0 Å². The maximum absolute atomic E-state index is 3.59. The summed E-state index contributed by atoms with van der Waals surface area (Å²) in [6.07, 6.45) is 2.02. The lowest BCUT2D eigenvalue weighted by atomic mass is 10.2. The molecule has 0 nitrogen and oxygen atoms in total. The minimum Gasteiger partial charge on any atom is -0.0702 e. The molecule has 0 aliphatic heterocycles. The lowest BCUT2D eigenvalue weighted by Gasteiger charge is -2.32. The van der Waals surface area contributed by atoms with Crippen molar-refractivity contribution in [2.75, 3.05) is 0 Å². The molecule has 0 saturated heterocycles. The number of hydrogen-bond donors (Lipinski definition) is 0. The molecule has 0 radical (unpaired) electrons. The highest BCUT2D eigenvalue weighted by Gasteiger charge is 2.41. The zero-order valence-corrected chi connectivity index (χ0v) is 12.3. The van der Waals surface area contributed by atoms with Gasteiger partial charge in [-0.2, -0.15) is 0 Å². The number of hydrogen-bond acceptors (Lipinski definition) is 0. The monoisotopic (exact) mass is 398 g/mol. The highest BCUT2D eigenvalue weighted by Crippen LogP contribution is 2.52. The second-order valence-corrected chi connectivity index (χ2v) is 9.66. The smallest absolute Gasteiger partial charge is 0.0702 e. The van der Waals surface area contributed by atoms with Gasteiger partial charge in [0, 0.05) is 0 Å². The van der Waals surface area contributed by atoms with Gasteiger partial charge in [0.25, 0.3) is 0 Å². The van der Waals surface area contributed by atoms with Crippen LogP contribution in [0.15, 0.2) is 0 Å². The van der Waals surface area contributed by atoms with Crippen LogP contribution in [0, 0.1) is 0 Å². The summed E-state index contributed by atoms with van der Waals surface area (Å²) in [7, 11) is 0. The summed E-state index contributed by atoms with van der Waals surface area (Å²) in [4.78, 5) is 0. The maximum Gasteiger partial charge on any atom is 0.105 e. The molecule has 0 amide bonds. The Morgan fingerprint density at radius 2 is 1.00 bits per heavy atom. The molecule has 0 atom stereocenters. The average molecular weight is 402 g/mol. The Kier molecular flexibility index (Phi) is 5.05. The van der Waals surface area contributed by atoms with Crippen molar-refractivity contribution >= 4 is 63.7 Å². The first-order valence-corrected chi connectivity index (χ1v) is 6.30. The molecule has 0 saturated carbocycles. The van der Waals surface area contributed by atoms with Crippen molar-refractivity contribution in [3.05, 3.63) is 0 Å². The summed E-state index contributed by atoms with van der Waals surface area (Å²) < 4.78 is -0.108. The topological polar surface area (TPSA) is 0 Å². The third-order valence-electron chi connectivity index (χ3n) is 1.42. The molecular formula is C6H10Br4. The first kappa shape index (κ1) is 11.9. The van der Waals surface area contributed by atoms with Crippen molar-refractivity contribution in [3.63, 3.8) is 0 Å². The van der Waals surface area contributed by atoms with Gasteiger partial charge < -0.3 is 0 Å². The van der Waals surface area contributed by atoms with Crippen molar-refractivity contribution in [2.24, 2.45) is 0 Å². The van der Waals surface area contributed by atoms with Gasteiger partial charge in [0.2, 0.25) is 0 Å². The van der Waals surface area contributed by atoms with Crippen molar-refractivity contribution < 1.29 is 0 Å². The van der Waals surface area contributed by atoms with E-state index in [0.29, 0.717) is 0 Å². The second kappa shape index (κ2) is 4.24. The van der Waals surface area contributed by atoms with E-state index in [1.165, 1.54) is 0 Å². The molecule has 10 heavy (non-hydrogen) atoms. The normalized spacial score (nSPS) is 13.8. The van der Waals surface area contributed by atoms with Gasteiger partial charge >= 0.3 is 0 Å². The predicted molar refractivity (Wildman–Crippen MR) is 61.8 cm³/mol. The molecule has 0 rings (SSSR count). The largest absolute Gasteiger partial charge is 0.105 e. The molecule has 0 aromatic carbocycles. The van der Waals surface area contributed by atoms with Crippen molar-refractivity contribution in [2.45, 2.75) is 33.2 Å². The Morgan fingerprint density at radius 3 is 1.10 bits per heavy atom. The predicted octanol–water partition coefficient (Wildman–Crippen LogP) is 4.78. The van der Waals surface area contributed by atoms with Gasteiger partial charge in [-0.05, 0) is 12.8 Å². The molecule has 0 heterocycles. The maximum atomic E-state index is 3.59. The van der Waals surface area contributed by atoms with Crippen LogP contribution in [0.5, 0.6) is 0 Å². The lowest BCUT2D eigenvalue weighted by molar-refractivity contribution is 0.694. The van der Waals surface area contributed by atoms with E-state index in [1.54, 1.807) is 0 Å². The minimum absolute atomic E-state index is 0.0538. The summed E-state index contributed by atoms with van der Waals surface area (Å²) in [6, 6.07) is 0.